The summed E-state index contributed by atoms with van der Waals surface area (Å²) < 4.78 is 5.63. The fourth-order valence-electron chi connectivity index (χ4n) is 1.61. The molecule has 0 spiro atoms. The van der Waals surface area contributed by atoms with Gasteiger partial charge in [-0.1, -0.05) is 35.9 Å². The number of benzene rings is 2. The Morgan fingerprint density at radius 3 is 2.72 bits per heavy atom. The third-order valence-electron chi connectivity index (χ3n) is 2.60. The zero-order valence-corrected chi connectivity index (χ0v) is 10.7. The molecule has 0 N–H and O–H groups in total. The maximum absolute atomic E-state index is 8.95. The first kappa shape index (κ1) is 12.5. The molecule has 0 bridgehead atoms. The van der Waals surface area contributed by atoms with Crippen LogP contribution in [0.25, 0.3) is 0 Å². The second-order valence-electron chi connectivity index (χ2n) is 3.99. The van der Waals surface area contributed by atoms with Crippen LogP contribution in [-0.4, -0.2) is 0 Å². The maximum atomic E-state index is 8.95. The number of aryl methyl sites for hydroxylation is 1. The van der Waals surface area contributed by atoms with Crippen molar-refractivity contribution in [1.29, 1.82) is 5.26 Å². The van der Waals surface area contributed by atoms with Crippen molar-refractivity contribution in [2.45, 2.75) is 13.5 Å². The molecular weight excluding hydrogens is 246 g/mol. The topological polar surface area (TPSA) is 33.0 Å². The molecule has 0 fully saturated rings. The zero-order chi connectivity index (χ0) is 13.0. The Kier molecular flexibility index (Phi) is 3.86. The summed E-state index contributed by atoms with van der Waals surface area (Å²) in [5.41, 5.74) is 2.55. The lowest BCUT2D eigenvalue weighted by Gasteiger charge is -2.09. The highest BCUT2D eigenvalue weighted by atomic mass is 35.5. The summed E-state index contributed by atoms with van der Waals surface area (Å²) in [4.78, 5) is 0. The van der Waals surface area contributed by atoms with Crippen LogP contribution >= 0.6 is 11.6 Å². The number of nitrogens with zero attached hydrogens (tertiary/aromatic N) is 1. The molecule has 0 saturated carbocycles. The SMILES string of the molecule is Cc1ccc(COc2ccccc2C#N)c(Cl)c1. The van der Waals surface area contributed by atoms with Crippen molar-refractivity contribution in [3.05, 3.63) is 64.2 Å². The molecule has 3 heteroatoms. The van der Waals surface area contributed by atoms with Gasteiger partial charge >= 0.3 is 0 Å². The van der Waals surface area contributed by atoms with Gasteiger partial charge in [0, 0.05) is 10.6 Å². The molecule has 0 heterocycles. The fraction of sp³-hybridized carbons (Fsp3) is 0.133. The minimum absolute atomic E-state index is 0.359. The van der Waals surface area contributed by atoms with Gasteiger partial charge in [-0.15, -0.1) is 0 Å². The van der Waals surface area contributed by atoms with Gasteiger partial charge in [0.2, 0.25) is 0 Å². The molecule has 18 heavy (non-hydrogen) atoms. The Hall–Kier alpha value is -1.98. The predicted octanol–water partition coefficient (Wildman–Crippen LogP) is 4.10. The summed E-state index contributed by atoms with van der Waals surface area (Å²) in [6, 6.07) is 15.1. The van der Waals surface area contributed by atoms with Gasteiger partial charge in [0.15, 0.2) is 0 Å². The summed E-state index contributed by atoms with van der Waals surface area (Å²) in [5, 5.41) is 9.64. The van der Waals surface area contributed by atoms with Crippen molar-refractivity contribution in [3.63, 3.8) is 0 Å². The van der Waals surface area contributed by atoms with Crippen molar-refractivity contribution in [2.75, 3.05) is 0 Å². The summed E-state index contributed by atoms with van der Waals surface area (Å²) in [6.07, 6.45) is 0. The molecule has 0 aliphatic carbocycles. The van der Waals surface area contributed by atoms with Crippen LogP contribution in [0.2, 0.25) is 5.02 Å². The van der Waals surface area contributed by atoms with Gasteiger partial charge in [-0.2, -0.15) is 5.26 Å². The van der Waals surface area contributed by atoms with Crippen LogP contribution in [-0.2, 0) is 6.61 Å². The second-order valence-corrected chi connectivity index (χ2v) is 4.40. The molecule has 0 aliphatic rings. The van der Waals surface area contributed by atoms with Crippen molar-refractivity contribution >= 4 is 11.6 Å². The van der Waals surface area contributed by atoms with E-state index >= 15 is 0 Å². The fourth-order valence-corrected chi connectivity index (χ4v) is 1.90. The Balaban J connectivity index is 2.14. The first-order chi connectivity index (χ1) is 8.70. The molecule has 2 aromatic carbocycles. The highest BCUT2D eigenvalue weighted by molar-refractivity contribution is 6.31. The molecule has 90 valence electrons. The second kappa shape index (κ2) is 5.57. The van der Waals surface area contributed by atoms with Crippen LogP contribution in [0.15, 0.2) is 42.5 Å². The van der Waals surface area contributed by atoms with Crippen LogP contribution in [0.4, 0.5) is 0 Å². The molecule has 2 aromatic rings. The van der Waals surface area contributed by atoms with Gasteiger partial charge in [-0.05, 0) is 30.7 Å². The number of nitriles is 1. The first-order valence-electron chi connectivity index (χ1n) is 5.57. The molecule has 0 saturated heterocycles. The standard InChI is InChI=1S/C15H12ClNO/c1-11-6-7-13(14(16)8-11)10-18-15-5-3-2-4-12(15)9-17/h2-8H,10H2,1H3. The van der Waals surface area contributed by atoms with Crippen molar-refractivity contribution in [1.82, 2.24) is 0 Å². The number of ether oxygens (including phenoxy) is 1. The summed E-state index contributed by atoms with van der Waals surface area (Å²) >= 11 is 6.12. The third kappa shape index (κ3) is 2.82. The molecule has 0 atom stereocenters. The molecule has 0 aromatic heterocycles. The van der Waals surface area contributed by atoms with E-state index in [0.29, 0.717) is 22.9 Å². The van der Waals surface area contributed by atoms with E-state index in [1.165, 1.54) is 0 Å². The molecule has 0 aliphatic heterocycles. The summed E-state index contributed by atoms with van der Waals surface area (Å²) in [5.74, 6) is 0.580. The zero-order valence-electron chi connectivity index (χ0n) is 9.98. The van der Waals surface area contributed by atoms with Gasteiger partial charge in [0.1, 0.15) is 18.4 Å². The van der Waals surface area contributed by atoms with Crippen LogP contribution in [0.5, 0.6) is 5.75 Å². The lowest BCUT2D eigenvalue weighted by atomic mass is 10.1. The maximum Gasteiger partial charge on any atom is 0.137 e. The van der Waals surface area contributed by atoms with Crippen LogP contribution < -0.4 is 4.74 Å². The smallest absolute Gasteiger partial charge is 0.137 e. The number of rotatable bonds is 3. The van der Waals surface area contributed by atoms with E-state index in [1.54, 1.807) is 12.1 Å². The van der Waals surface area contributed by atoms with E-state index in [4.69, 9.17) is 21.6 Å². The Morgan fingerprint density at radius 1 is 1.22 bits per heavy atom. The Morgan fingerprint density at radius 2 is 2.00 bits per heavy atom. The average molecular weight is 258 g/mol. The van der Waals surface area contributed by atoms with E-state index in [1.807, 2.05) is 37.3 Å². The average Bonchev–Trinajstić information content (AvgIpc) is 2.38. The summed E-state index contributed by atoms with van der Waals surface area (Å²) in [6.45, 7) is 2.35. The largest absolute Gasteiger partial charge is 0.487 e. The van der Waals surface area contributed by atoms with E-state index in [0.717, 1.165) is 11.1 Å². The van der Waals surface area contributed by atoms with Crippen LogP contribution in [0.3, 0.4) is 0 Å². The highest BCUT2D eigenvalue weighted by Gasteiger charge is 2.04. The highest BCUT2D eigenvalue weighted by Crippen LogP contribution is 2.22. The molecule has 2 nitrogen and oxygen atoms in total. The monoisotopic (exact) mass is 257 g/mol. The van der Waals surface area contributed by atoms with Crippen molar-refractivity contribution in [3.8, 4) is 11.8 Å². The predicted molar refractivity (Wildman–Crippen MR) is 71.7 cm³/mol. The van der Waals surface area contributed by atoms with Crippen molar-refractivity contribution < 1.29 is 4.74 Å². The van der Waals surface area contributed by atoms with Gasteiger partial charge < -0.3 is 4.74 Å². The van der Waals surface area contributed by atoms with E-state index in [-0.39, 0.29) is 0 Å². The van der Waals surface area contributed by atoms with Crippen LogP contribution in [0, 0.1) is 18.3 Å². The van der Waals surface area contributed by atoms with Gasteiger partial charge in [0.05, 0.1) is 5.56 Å². The van der Waals surface area contributed by atoms with E-state index in [2.05, 4.69) is 6.07 Å². The number of hydrogen-bond acceptors (Lipinski definition) is 2. The lowest BCUT2D eigenvalue weighted by molar-refractivity contribution is 0.305. The number of para-hydroxylation sites is 1. The first-order valence-corrected chi connectivity index (χ1v) is 5.95. The number of halogens is 1. The molecule has 0 amide bonds. The van der Waals surface area contributed by atoms with Gasteiger partial charge in [-0.3, -0.25) is 0 Å². The van der Waals surface area contributed by atoms with Crippen molar-refractivity contribution in [2.24, 2.45) is 0 Å². The molecule has 0 radical (unpaired) electrons. The van der Waals surface area contributed by atoms with Crippen LogP contribution in [0.1, 0.15) is 16.7 Å². The summed E-state index contributed by atoms with van der Waals surface area (Å²) in [7, 11) is 0. The third-order valence-corrected chi connectivity index (χ3v) is 2.95. The number of hydrogen-bond donors (Lipinski definition) is 0. The van der Waals surface area contributed by atoms with E-state index in [9.17, 15) is 0 Å². The van der Waals surface area contributed by atoms with E-state index < -0.39 is 0 Å². The minimum atomic E-state index is 0.359. The molecular formula is C15H12ClNO. The molecule has 0 unspecified atom stereocenters. The minimum Gasteiger partial charge on any atom is -0.487 e. The lowest BCUT2D eigenvalue weighted by Crippen LogP contribution is -1.98. The molecule has 2 rings (SSSR count). The van der Waals surface area contributed by atoms with Gasteiger partial charge in [0.25, 0.3) is 0 Å². The Bertz CT molecular complexity index is 602. The normalized spacial score (nSPS) is 9.83. The van der Waals surface area contributed by atoms with Gasteiger partial charge in [-0.25, -0.2) is 0 Å². The quantitative estimate of drug-likeness (QED) is 0.829. The Labute approximate surface area is 111 Å².